The molecule has 1 aliphatic heterocycles. The van der Waals surface area contributed by atoms with Gasteiger partial charge in [-0.1, -0.05) is 29.8 Å². The zero-order chi connectivity index (χ0) is 23.9. The number of hydrogen-bond acceptors (Lipinski definition) is 6. The molecule has 0 N–H and O–H groups in total. The molecule has 0 unspecified atom stereocenters. The number of alkyl halides is 3. The summed E-state index contributed by atoms with van der Waals surface area (Å²) >= 11 is 7.57. The van der Waals surface area contributed by atoms with E-state index in [1.54, 1.807) is 17.5 Å². The third-order valence-corrected chi connectivity index (χ3v) is 6.92. The summed E-state index contributed by atoms with van der Waals surface area (Å²) in [4.78, 5) is 22.0. The van der Waals surface area contributed by atoms with E-state index in [2.05, 4.69) is 15.0 Å². The van der Waals surface area contributed by atoms with Crippen molar-refractivity contribution in [3.8, 4) is 10.6 Å². The van der Waals surface area contributed by atoms with Crippen LogP contribution in [0.4, 0.5) is 18.9 Å². The summed E-state index contributed by atoms with van der Waals surface area (Å²) in [5, 5.41) is 6.42. The van der Waals surface area contributed by atoms with Crippen molar-refractivity contribution in [2.45, 2.75) is 6.18 Å². The average Bonchev–Trinajstić information content (AvgIpc) is 3.49. The first-order valence-electron chi connectivity index (χ1n) is 10.6. The van der Waals surface area contributed by atoms with Crippen LogP contribution in [0.3, 0.4) is 0 Å². The van der Waals surface area contributed by atoms with Gasteiger partial charge in [0.2, 0.25) is 0 Å². The standard InChI is InChI=1S/C23H19ClF3N5OS/c24-15-4-1-2-5-18(15)31-9-7-30(8-10-31)14-19(33)16-13-22-28-17(20-6-3-11-34-20)12-21(23(25,26)27)32(22)29-16/h1-6,11-13H,7-10,14H2. The molecule has 1 fully saturated rings. The number of thiophene rings is 1. The van der Waals surface area contributed by atoms with Crippen molar-refractivity contribution in [3.63, 3.8) is 0 Å². The largest absolute Gasteiger partial charge is 0.433 e. The van der Waals surface area contributed by atoms with E-state index in [0.717, 1.165) is 11.8 Å². The van der Waals surface area contributed by atoms with Gasteiger partial charge in [-0.3, -0.25) is 9.69 Å². The fourth-order valence-corrected chi connectivity index (χ4v) is 4.94. The van der Waals surface area contributed by atoms with E-state index < -0.39 is 11.9 Å². The normalized spacial score (nSPS) is 15.2. The van der Waals surface area contributed by atoms with E-state index in [9.17, 15) is 18.0 Å². The zero-order valence-electron chi connectivity index (χ0n) is 17.8. The van der Waals surface area contributed by atoms with Gasteiger partial charge in [-0.15, -0.1) is 11.3 Å². The second kappa shape index (κ2) is 9.01. The second-order valence-corrected chi connectivity index (χ2v) is 9.29. The topological polar surface area (TPSA) is 53.7 Å². The van der Waals surface area contributed by atoms with Crippen LogP contribution >= 0.6 is 22.9 Å². The Labute approximate surface area is 202 Å². The molecule has 0 atom stereocenters. The second-order valence-electron chi connectivity index (χ2n) is 7.94. The number of carbonyl (C=O) groups is 1. The maximum Gasteiger partial charge on any atom is 0.433 e. The summed E-state index contributed by atoms with van der Waals surface area (Å²) in [7, 11) is 0. The molecule has 3 aromatic heterocycles. The average molecular weight is 506 g/mol. The predicted molar refractivity (Wildman–Crippen MR) is 126 cm³/mol. The van der Waals surface area contributed by atoms with E-state index in [-0.39, 0.29) is 29.4 Å². The van der Waals surface area contributed by atoms with Crippen LogP contribution in [0.1, 0.15) is 16.2 Å². The molecule has 1 aromatic carbocycles. The molecular weight excluding hydrogens is 487 g/mol. The van der Waals surface area contributed by atoms with Crippen molar-refractivity contribution < 1.29 is 18.0 Å². The highest BCUT2D eigenvalue weighted by molar-refractivity contribution is 7.13. The molecule has 1 saturated heterocycles. The van der Waals surface area contributed by atoms with Gasteiger partial charge in [-0.2, -0.15) is 18.3 Å². The molecule has 1 aliphatic rings. The van der Waals surface area contributed by atoms with Crippen molar-refractivity contribution in [1.29, 1.82) is 0 Å². The summed E-state index contributed by atoms with van der Waals surface area (Å²) in [6, 6.07) is 13.3. The van der Waals surface area contributed by atoms with E-state index >= 15 is 0 Å². The van der Waals surface area contributed by atoms with Gasteiger partial charge < -0.3 is 4.90 Å². The third-order valence-electron chi connectivity index (χ3n) is 5.71. The Morgan fingerprint density at radius 3 is 2.50 bits per heavy atom. The Hall–Kier alpha value is -2.95. The smallest absolute Gasteiger partial charge is 0.368 e. The van der Waals surface area contributed by atoms with Gasteiger partial charge in [-0.25, -0.2) is 9.50 Å². The molecule has 0 radical (unpaired) electrons. The molecule has 34 heavy (non-hydrogen) atoms. The Kier molecular flexibility index (Phi) is 6.05. The van der Waals surface area contributed by atoms with Crippen LogP contribution in [0.25, 0.3) is 16.2 Å². The molecule has 0 saturated carbocycles. The minimum atomic E-state index is -4.64. The van der Waals surface area contributed by atoms with Crippen LogP contribution < -0.4 is 4.90 Å². The Morgan fingerprint density at radius 2 is 1.82 bits per heavy atom. The number of halogens is 4. The minimum absolute atomic E-state index is 0.00915. The number of nitrogens with zero attached hydrogens (tertiary/aromatic N) is 5. The highest BCUT2D eigenvalue weighted by Crippen LogP contribution is 2.33. The first-order valence-corrected chi connectivity index (χ1v) is 11.8. The van der Waals surface area contributed by atoms with Gasteiger partial charge in [0.25, 0.3) is 0 Å². The van der Waals surface area contributed by atoms with Crippen LogP contribution in [0.2, 0.25) is 5.02 Å². The highest BCUT2D eigenvalue weighted by atomic mass is 35.5. The number of Topliss-reactive ketones (excluding diaryl/α,β-unsaturated/α-hetero) is 1. The van der Waals surface area contributed by atoms with E-state index in [1.807, 2.05) is 29.2 Å². The van der Waals surface area contributed by atoms with Crippen LogP contribution in [0, 0.1) is 0 Å². The van der Waals surface area contributed by atoms with Gasteiger partial charge in [0.15, 0.2) is 17.1 Å². The van der Waals surface area contributed by atoms with Crippen molar-refractivity contribution >= 4 is 40.1 Å². The van der Waals surface area contributed by atoms with E-state index in [4.69, 9.17) is 11.6 Å². The maximum absolute atomic E-state index is 13.7. The molecule has 0 aliphatic carbocycles. The minimum Gasteiger partial charge on any atom is -0.368 e. The SMILES string of the molecule is O=C(CN1CCN(c2ccccc2Cl)CC1)c1cc2nc(-c3cccs3)cc(C(F)(F)F)n2n1. The Bertz CT molecular complexity index is 1330. The number of fused-ring (bicyclic) bond motifs is 1. The molecule has 6 nitrogen and oxygen atoms in total. The lowest BCUT2D eigenvalue weighted by Gasteiger charge is -2.36. The van der Waals surface area contributed by atoms with Crippen LogP contribution in [-0.2, 0) is 6.18 Å². The van der Waals surface area contributed by atoms with Crippen molar-refractivity contribution in [3.05, 3.63) is 70.3 Å². The number of para-hydroxylation sites is 1. The van der Waals surface area contributed by atoms with Crippen LogP contribution in [0.5, 0.6) is 0 Å². The molecule has 0 bridgehead atoms. The maximum atomic E-state index is 13.7. The first kappa shape index (κ1) is 22.8. The lowest BCUT2D eigenvalue weighted by Crippen LogP contribution is -2.48. The Morgan fingerprint density at radius 1 is 1.06 bits per heavy atom. The number of aromatic nitrogens is 3. The summed E-state index contributed by atoms with van der Waals surface area (Å²) in [6.45, 7) is 2.69. The highest BCUT2D eigenvalue weighted by Gasteiger charge is 2.36. The summed E-state index contributed by atoms with van der Waals surface area (Å²) in [6.07, 6.45) is -4.64. The number of piperazine rings is 1. The number of benzene rings is 1. The quantitative estimate of drug-likeness (QED) is 0.352. The number of ketones is 1. The summed E-state index contributed by atoms with van der Waals surface area (Å²) in [5.41, 5.74) is 0.139. The van der Waals surface area contributed by atoms with Gasteiger partial charge in [0, 0.05) is 32.2 Å². The third kappa shape index (κ3) is 4.53. The molecule has 5 rings (SSSR count). The number of anilines is 1. The summed E-state index contributed by atoms with van der Waals surface area (Å²) < 4.78 is 41.9. The molecule has 0 amide bonds. The molecule has 11 heteroatoms. The molecular formula is C23H19ClF3N5OS. The number of rotatable bonds is 5. The van der Waals surface area contributed by atoms with Gasteiger partial charge in [0.1, 0.15) is 5.69 Å². The monoisotopic (exact) mass is 505 g/mol. The fraction of sp³-hybridized carbons (Fsp3) is 0.261. The summed E-state index contributed by atoms with van der Waals surface area (Å²) in [5.74, 6) is -0.345. The number of hydrogen-bond donors (Lipinski definition) is 0. The van der Waals surface area contributed by atoms with Crippen LogP contribution in [0.15, 0.2) is 53.9 Å². The van der Waals surface area contributed by atoms with Gasteiger partial charge in [0.05, 0.1) is 27.8 Å². The lowest BCUT2D eigenvalue weighted by atomic mass is 10.2. The van der Waals surface area contributed by atoms with Gasteiger partial charge in [-0.05, 0) is 29.6 Å². The van der Waals surface area contributed by atoms with Gasteiger partial charge >= 0.3 is 6.18 Å². The van der Waals surface area contributed by atoms with E-state index in [0.29, 0.717) is 40.6 Å². The van der Waals surface area contributed by atoms with E-state index in [1.165, 1.54) is 17.4 Å². The van der Waals surface area contributed by atoms with Crippen LogP contribution in [-0.4, -0.2) is 58.0 Å². The van der Waals surface area contributed by atoms with Crippen molar-refractivity contribution in [2.75, 3.05) is 37.6 Å². The molecule has 4 heterocycles. The Balaban J connectivity index is 1.34. The van der Waals surface area contributed by atoms with Crippen molar-refractivity contribution in [1.82, 2.24) is 19.5 Å². The molecule has 176 valence electrons. The first-order chi connectivity index (χ1) is 16.3. The zero-order valence-corrected chi connectivity index (χ0v) is 19.4. The molecule has 0 spiro atoms. The van der Waals surface area contributed by atoms with Crippen molar-refractivity contribution in [2.24, 2.45) is 0 Å². The predicted octanol–water partition coefficient (Wildman–Crippen LogP) is 5.13. The lowest BCUT2D eigenvalue weighted by molar-refractivity contribution is -0.142. The number of carbonyl (C=O) groups excluding carboxylic acids is 1. The fourth-order valence-electron chi connectivity index (χ4n) is 4.00. The molecule has 4 aromatic rings.